The quantitative estimate of drug-likeness (QED) is 0.802. The van der Waals surface area contributed by atoms with Crippen molar-refractivity contribution in [2.75, 3.05) is 19.6 Å². The molecule has 0 spiro atoms. The van der Waals surface area contributed by atoms with E-state index in [0.717, 1.165) is 18.8 Å². The third kappa shape index (κ3) is 3.56. The van der Waals surface area contributed by atoms with Gasteiger partial charge in [-0.25, -0.2) is 0 Å². The monoisotopic (exact) mass is 238 g/mol. The van der Waals surface area contributed by atoms with E-state index >= 15 is 0 Å². The highest BCUT2D eigenvalue weighted by Crippen LogP contribution is 2.09. The van der Waals surface area contributed by atoms with Crippen LogP contribution in [-0.4, -0.2) is 40.2 Å². The van der Waals surface area contributed by atoms with Crippen LogP contribution >= 0.6 is 0 Å². The molecular weight excluding hydrogens is 216 g/mol. The summed E-state index contributed by atoms with van der Waals surface area (Å²) < 4.78 is 1.82. The van der Waals surface area contributed by atoms with Crippen molar-refractivity contribution in [3.63, 3.8) is 0 Å². The van der Waals surface area contributed by atoms with Crippen molar-refractivity contribution in [1.29, 1.82) is 0 Å². The second-order valence-corrected chi connectivity index (χ2v) is 4.05. The Hall–Kier alpha value is -1.36. The summed E-state index contributed by atoms with van der Waals surface area (Å²) in [6.45, 7) is 7.91. The van der Waals surface area contributed by atoms with Gasteiger partial charge in [-0.05, 0) is 26.8 Å². The van der Waals surface area contributed by atoms with Crippen LogP contribution in [0.4, 0.5) is 0 Å². The molecular formula is C12H22N4O. The molecule has 1 N–H and O–H groups in total. The summed E-state index contributed by atoms with van der Waals surface area (Å²) >= 11 is 0. The second-order valence-electron chi connectivity index (χ2n) is 4.05. The van der Waals surface area contributed by atoms with Crippen molar-refractivity contribution in [2.45, 2.75) is 26.8 Å². The van der Waals surface area contributed by atoms with Crippen LogP contribution in [0.15, 0.2) is 12.3 Å². The molecule has 0 fully saturated rings. The van der Waals surface area contributed by atoms with Gasteiger partial charge >= 0.3 is 0 Å². The molecule has 17 heavy (non-hydrogen) atoms. The van der Waals surface area contributed by atoms with E-state index in [4.69, 9.17) is 0 Å². The Kier molecular flexibility index (Phi) is 5.15. The van der Waals surface area contributed by atoms with E-state index < -0.39 is 0 Å². The first kappa shape index (κ1) is 13.7. The molecule has 1 aromatic heterocycles. The van der Waals surface area contributed by atoms with Crippen molar-refractivity contribution < 1.29 is 4.79 Å². The highest BCUT2D eigenvalue weighted by Gasteiger charge is 2.13. The van der Waals surface area contributed by atoms with E-state index in [1.807, 2.05) is 43.5 Å². The predicted octanol–water partition coefficient (Wildman–Crippen LogP) is 0.939. The van der Waals surface area contributed by atoms with E-state index in [1.54, 1.807) is 6.20 Å². The molecule has 0 radical (unpaired) electrons. The number of nitrogens with zero attached hydrogens (tertiary/aromatic N) is 3. The van der Waals surface area contributed by atoms with Gasteiger partial charge in [0.25, 0.3) is 0 Å². The first-order valence-corrected chi connectivity index (χ1v) is 6.09. The minimum Gasteiger partial charge on any atom is -0.342 e. The summed E-state index contributed by atoms with van der Waals surface area (Å²) in [6, 6.07) is 2.08. The molecule has 1 heterocycles. The summed E-state index contributed by atoms with van der Waals surface area (Å²) in [5.74, 6) is 0.143. The lowest BCUT2D eigenvalue weighted by Crippen LogP contribution is -2.38. The van der Waals surface area contributed by atoms with Crippen molar-refractivity contribution in [2.24, 2.45) is 7.05 Å². The van der Waals surface area contributed by atoms with Gasteiger partial charge in [-0.15, -0.1) is 0 Å². The molecule has 0 aliphatic heterocycles. The Bertz CT molecular complexity index is 357. The molecule has 1 unspecified atom stereocenters. The molecule has 96 valence electrons. The maximum atomic E-state index is 11.8. The Morgan fingerprint density at radius 1 is 1.53 bits per heavy atom. The van der Waals surface area contributed by atoms with Crippen LogP contribution in [-0.2, 0) is 11.8 Å². The summed E-state index contributed by atoms with van der Waals surface area (Å²) in [5.41, 5.74) is 1.08. The zero-order valence-corrected chi connectivity index (χ0v) is 11.1. The molecule has 0 saturated heterocycles. The van der Waals surface area contributed by atoms with E-state index in [9.17, 15) is 4.79 Å². The highest BCUT2D eigenvalue weighted by molar-refractivity contribution is 5.78. The maximum absolute atomic E-state index is 11.8. The smallest absolute Gasteiger partial charge is 0.236 e. The first-order chi connectivity index (χ1) is 8.10. The number of aromatic nitrogens is 2. The van der Waals surface area contributed by atoms with Crippen LogP contribution < -0.4 is 5.32 Å². The summed E-state index contributed by atoms with van der Waals surface area (Å²) in [4.78, 5) is 13.6. The number of nitrogens with one attached hydrogen (secondary N) is 1. The molecule has 0 aromatic carbocycles. The lowest BCUT2D eigenvalue weighted by Gasteiger charge is -2.20. The number of amides is 1. The zero-order valence-electron chi connectivity index (χ0n) is 11.1. The van der Waals surface area contributed by atoms with Gasteiger partial charge in [-0.2, -0.15) is 5.10 Å². The maximum Gasteiger partial charge on any atom is 0.236 e. The summed E-state index contributed by atoms with van der Waals surface area (Å²) in [7, 11) is 1.90. The van der Waals surface area contributed by atoms with Crippen LogP contribution in [0.3, 0.4) is 0 Å². The van der Waals surface area contributed by atoms with E-state index in [-0.39, 0.29) is 11.9 Å². The van der Waals surface area contributed by atoms with Gasteiger partial charge in [0.1, 0.15) is 0 Å². The van der Waals surface area contributed by atoms with Gasteiger partial charge < -0.3 is 10.2 Å². The normalized spacial score (nSPS) is 12.5. The number of hydrogen-bond donors (Lipinski definition) is 1. The molecule has 1 aromatic rings. The lowest BCUT2D eigenvalue weighted by molar-refractivity contribution is -0.129. The van der Waals surface area contributed by atoms with Crippen molar-refractivity contribution in [3.05, 3.63) is 18.0 Å². The van der Waals surface area contributed by atoms with Gasteiger partial charge in [0.15, 0.2) is 0 Å². The molecule has 5 heteroatoms. The van der Waals surface area contributed by atoms with Gasteiger partial charge in [0.2, 0.25) is 5.91 Å². The van der Waals surface area contributed by atoms with Gasteiger partial charge in [0, 0.05) is 32.4 Å². The molecule has 0 aliphatic rings. The molecule has 0 bridgehead atoms. The minimum absolute atomic E-state index is 0.127. The third-order valence-electron chi connectivity index (χ3n) is 2.98. The van der Waals surface area contributed by atoms with E-state index in [0.29, 0.717) is 6.54 Å². The standard InChI is InChI=1S/C12H22N4O/c1-5-16(6-2)12(17)9-13-10(3)11-7-8-14-15(11)4/h7-8,10,13H,5-6,9H2,1-4H3. The van der Waals surface area contributed by atoms with Crippen LogP contribution in [0.1, 0.15) is 32.5 Å². The molecule has 5 nitrogen and oxygen atoms in total. The minimum atomic E-state index is 0.127. The Labute approximate surface area is 103 Å². The zero-order chi connectivity index (χ0) is 12.8. The van der Waals surface area contributed by atoms with Crippen molar-refractivity contribution in [1.82, 2.24) is 20.0 Å². The number of rotatable bonds is 6. The lowest BCUT2D eigenvalue weighted by atomic mass is 10.2. The number of hydrogen-bond acceptors (Lipinski definition) is 3. The van der Waals surface area contributed by atoms with Crippen LogP contribution in [0.5, 0.6) is 0 Å². The Balaban J connectivity index is 2.46. The predicted molar refractivity (Wildman–Crippen MR) is 67.6 cm³/mol. The van der Waals surface area contributed by atoms with Crippen LogP contribution in [0, 0.1) is 0 Å². The molecule has 1 amide bonds. The SMILES string of the molecule is CCN(CC)C(=O)CNC(C)c1ccnn1C. The average molecular weight is 238 g/mol. The van der Waals surface area contributed by atoms with Crippen molar-refractivity contribution >= 4 is 5.91 Å². The molecule has 1 atom stereocenters. The number of carbonyl (C=O) groups excluding carboxylic acids is 1. The number of likely N-dealkylation sites (N-methyl/N-ethyl adjacent to an activating group) is 1. The average Bonchev–Trinajstić information content (AvgIpc) is 2.74. The van der Waals surface area contributed by atoms with Crippen LogP contribution in [0.25, 0.3) is 0 Å². The first-order valence-electron chi connectivity index (χ1n) is 6.09. The van der Waals surface area contributed by atoms with Gasteiger partial charge in [0.05, 0.1) is 12.2 Å². The Morgan fingerprint density at radius 2 is 2.18 bits per heavy atom. The highest BCUT2D eigenvalue weighted by atomic mass is 16.2. The topological polar surface area (TPSA) is 50.2 Å². The van der Waals surface area contributed by atoms with Crippen LogP contribution in [0.2, 0.25) is 0 Å². The van der Waals surface area contributed by atoms with E-state index in [2.05, 4.69) is 10.4 Å². The molecule has 0 saturated carbocycles. The van der Waals surface area contributed by atoms with Gasteiger partial charge in [-0.1, -0.05) is 0 Å². The van der Waals surface area contributed by atoms with Gasteiger partial charge in [-0.3, -0.25) is 9.48 Å². The fourth-order valence-corrected chi connectivity index (χ4v) is 1.84. The fraction of sp³-hybridized carbons (Fsp3) is 0.667. The largest absolute Gasteiger partial charge is 0.342 e. The third-order valence-corrected chi connectivity index (χ3v) is 2.98. The summed E-state index contributed by atoms with van der Waals surface area (Å²) in [6.07, 6.45) is 1.76. The second kappa shape index (κ2) is 6.39. The summed E-state index contributed by atoms with van der Waals surface area (Å²) in [5, 5.41) is 7.34. The number of aryl methyl sites for hydroxylation is 1. The Morgan fingerprint density at radius 3 is 2.65 bits per heavy atom. The number of carbonyl (C=O) groups is 1. The molecule has 0 aliphatic carbocycles. The molecule has 1 rings (SSSR count). The van der Waals surface area contributed by atoms with Crippen molar-refractivity contribution in [3.8, 4) is 0 Å². The fourth-order valence-electron chi connectivity index (χ4n) is 1.84. The van der Waals surface area contributed by atoms with E-state index in [1.165, 1.54) is 0 Å².